The van der Waals surface area contributed by atoms with E-state index in [4.69, 9.17) is 0 Å². The van der Waals surface area contributed by atoms with Gasteiger partial charge in [0.1, 0.15) is 0 Å². The summed E-state index contributed by atoms with van der Waals surface area (Å²) in [6.45, 7) is 0. The quantitative estimate of drug-likeness (QED) is 0.376. The van der Waals surface area contributed by atoms with E-state index in [0.717, 1.165) is 28.7 Å². The molecular formula is C29H20. The maximum absolute atomic E-state index is 3.34. The summed E-state index contributed by atoms with van der Waals surface area (Å²) < 4.78 is 0. The first-order chi connectivity index (χ1) is 14.4. The number of hydrogen-bond acceptors (Lipinski definition) is 0. The van der Waals surface area contributed by atoms with E-state index in [1.165, 1.54) is 11.1 Å². The molecule has 0 N–H and O–H groups in total. The maximum atomic E-state index is 3.34. The van der Waals surface area contributed by atoms with Gasteiger partial charge < -0.3 is 0 Å². The van der Waals surface area contributed by atoms with Crippen molar-refractivity contribution in [3.8, 4) is 23.7 Å². The molecule has 4 aromatic carbocycles. The third-order valence-corrected chi connectivity index (χ3v) is 4.65. The molecule has 0 aliphatic rings. The van der Waals surface area contributed by atoms with Gasteiger partial charge in [-0.2, -0.15) is 0 Å². The SMILES string of the molecule is C(#Cc1ccccc1Cc1ccccc1C#Cc1ccccc1)c1ccccc1. The molecule has 0 aromatic heterocycles. The maximum Gasteiger partial charge on any atom is 0.0284 e. The van der Waals surface area contributed by atoms with Gasteiger partial charge in [0.2, 0.25) is 0 Å². The Hall–Kier alpha value is -4.00. The summed E-state index contributed by atoms with van der Waals surface area (Å²) in [6, 6.07) is 36.9. The molecule has 0 heteroatoms. The van der Waals surface area contributed by atoms with E-state index < -0.39 is 0 Å². The van der Waals surface area contributed by atoms with Gasteiger partial charge in [-0.1, -0.05) is 96.5 Å². The predicted molar refractivity (Wildman–Crippen MR) is 121 cm³/mol. The van der Waals surface area contributed by atoms with E-state index in [9.17, 15) is 0 Å². The van der Waals surface area contributed by atoms with Crippen LogP contribution in [0.3, 0.4) is 0 Å². The molecule has 0 aliphatic carbocycles. The largest absolute Gasteiger partial charge is 0.0622 e. The van der Waals surface area contributed by atoms with E-state index >= 15 is 0 Å². The van der Waals surface area contributed by atoms with Gasteiger partial charge in [-0.25, -0.2) is 0 Å². The predicted octanol–water partition coefficient (Wildman–Crippen LogP) is 6.08. The molecule has 0 heterocycles. The summed E-state index contributed by atoms with van der Waals surface area (Å²) in [6.07, 6.45) is 0.805. The minimum absolute atomic E-state index is 0.805. The number of benzene rings is 4. The van der Waals surface area contributed by atoms with E-state index in [-0.39, 0.29) is 0 Å². The standard InChI is InChI=1S/C29H20/c1-3-11-24(12-4-1)19-21-26-15-7-9-17-28(26)23-29-18-10-8-16-27(29)22-20-25-13-5-2-6-14-25/h1-18H,23H2. The highest BCUT2D eigenvalue weighted by atomic mass is 14.1. The molecule has 4 rings (SSSR count). The van der Waals surface area contributed by atoms with E-state index in [0.29, 0.717) is 0 Å². The molecule has 0 saturated carbocycles. The van der Waals surface area contributed by atoms with Crippen molar-refractivity contribution in [2.24, 2.45) is 0 Å². The average molecular weight is 368 g/mol. The van der Waals surface area contributed by atoms with Crippen molar-refractivity contribution in [3.63, 3.8) is 0 Å². The van der Waals surface area contributed by atoms with Gasteiger partial charge in [0.15, 0.2) is 0 Å². The van der Waals surface area contributed by atoms with Crippen molar-refractivity contribution in [2.75, 3.05) is 0 Å². The normalized spacial score (nSPS) is 9.66. The van der Waals surface area contributed by atoms with E-state index in [1.54, 1.807) is 0 Å². The van der Waals surface area contributed by atoms with Crippen LogP contribution < -0.4 is 0 Å². The zero-order valence-corrected chi connectivity index (χ0v) is 16.1. The highest BCUT2D eigenvalue weighted by molar-refractivity contribution is 5.51. The first-order valence-corrected chi connectivity index (χ1v) is 9.68. The van der Waals surface area contributed by atoms with Gasteiger partial charge in [-0.15, -0.1) is 0 Å². The van der Waals surface area contributed by atoms with Crippen LogP contribution in [0.15, 0.2) is 109 Å². The lowest BCUT2D eigenvalue weighted by Gasteiger charge is -2.07. The lowest BCUT2D eigenvalue weighted by Crippen LogP contribution is -1.95. The first-order valence-electron chi connectivity index (χ1n) is 9.68. The lowest BCUT2D eigenvalue weighted by atomic mass is 9.96. The third-order valence-electron chi connectivity index (χ3n) is 4.65. The fourth-order valence-corrected chi connectivity index (χ4v) is 3.12. The Morgan fingerprint density at radius 3 is 1.21 bits per heavy atom. The zero-order chi connectivity index (χ0) is 19.7. The monoisotopic (exact) mass is 368 g/mol. The van der Waals surface area contributed by atoms with Crippen molar-refractivity contribution in [3.05, 3.63) is 143 Å². The second-order valence-electron chi connectivity index (χ2n) is 6.72. The van der Waals surface area contributed by atoms with Gasteiger partial charge in [-0.3, -0.25) is 0 Å². The molecular weight excluding hydrogens is 348 g/mol. The Morgan fingerprint density at radius 2 is 0.759 bits per heavy atom. The minimum Gasteiger partial charge on any atom is -0.0622 e. The number of rotatable bonds is 2. The van der Waals surface area contributed by atoms with Crippen molar-refractivity contribution >= 4 is 0 Å². The van der Waals surface area contributed by atoms with Gasteiger partial charge >= 0.3 is 0 Å². The van der Waals surface area contributed by atoms with Crippen LogP contribution in [-0.4, -0.2) is 0 Å². The molecule has 29 heavy (non-hydrogen) atoms. The van der Waals surface area contributed by atoms with Crippen LogP contribution in [0, 0.1) is 23.7 Å². The van der Waals surface area contributed by atoms with Gasteiger partial charge in [0.05, 0.1) is 0 Å². The molecule has 136 valence electrons. The molecule has 0 saturated heterocycles. The molecule has 0 atom stereocenters. The van der Waals surface area contributed by atoms with Crippen molar-refractivity contribution in [1.29, 1.82) is 0 Å². The van der Waals surface area contributed by atoms with Crippen LogP contribution >= 0.6 is 0 Å². The molecule has 0 nitrogen and oxygen atoms in total. The lowest BCUT2D eigenvalue weighted by molar-refractivity contribution is 1.17. The van der Waals surface area contributed by atoms with Crippen molar-refractivity contribution in [2.45, 2.75) is 6.42 Å². The van der Waals surface area contributed by atoms with Crippen LogP contribution in [0.2, 0.25) is 0 Å². The Bertz CT molecular complexity index is 1110. The van der Waals surface area contributed by atoms with Gasteiger partial charge in [0.25, 0.3) is 0 Å². The molecule has 0 unspecified atom stereocenters. The molecule has 0 amide bonds. The summed E-state index contributed by atoms with van der Waals surface area (Å²) in [5.74, 6) is 13.2. The summed E-state index contributed by atoms with van der Waals surface area (Å²) in [7, 11) is 0. The highest BCUT2D eigenvalue weighted by Gasteiger charge is 2.04. The molecule has 0 radical (unpaired) electrons. The Labute approximate surface area is 172 Å². The van der Waals surface area contributed by atoms with Crippen LogP contribution in [-0.2, 0) is 6.42 Å². The van der Waals surface area contributed by atoms with Crippen LogP contribution in [0.5, 0.6) is 0 Å². The molecule has 0 fully saturated rings. The molecule has 0 spiro atoms. The minimum atomic E-state index is 0.805. The van der Waals surface area contributed by atoms with Crippen molar-refractivity contribution in [1.82, 2.24) is 0 Å². The van der Waals surface area contributed by atoms with Crippen molar-refractivity contribution < 1.29 is 0 Å². The van der Waals surface area contributed by atoms with Crippen LogP contribution in [0.25, 0.3) is 0 Å². The smallest absolute Gasteiger partial charge is 0.0284 e. The Balaban J connectivity index is 1.63. The second-order valence-corrected chi connectivity index (χ2v) is 6.72. The zero-order valence-electron chi connectivity index (χ0n) is 16.1. The topological polar surface area (TPSA) is 0 Å². The van der Waals surface area contributed by atoms with E-state index in [1.807, 2.05) is 72.8 Å². The molecule has 0 bridgehead atoms. The fourth-order valence-electron chi connectivity index (χ4n) is 3.12. The fraction of sp³-hybridized carbons (Fsp3) is 0.0345. The Morgan fingerprint density at radius 1 is 0.379 bits per heavy atom. The summed E-state index contributed by atoms with van der Waals surface area (Å²) in [4.78, 5) is 0. The average Bonchev–Trinajstić information content (AvgIpc) is 2.79. The summed E-state index contributed by atoms with van der Waals surface area (Å²) in [5.41, 5.74) is 6.59. The van der Waals surface area contributed by atoms with E-state index in [2.05, 4.69) is 60.1 Å². The molecule has 4 aromatic rings. The van der Waals surface area contributed by atoms with Gasteiger partial charge in [0, 0.05) is 22.3 Å². The highest BCUT2D eigenvalue weighted by Crippen LogP contribution is 2.17. The third kappa shape index (κ3) is 5.04. The molecule has 0 aliphatic heterocycles. The van der Waals surface area contributed by atoms with Gasteiger partial charge in [-0.05, 0) is 53.9 Å². The van der Waals surface area contributed by atoms with Crippen LogP contribution in [0.1, 0.15) is 33.4 Å². The second kappa shape index (κ2) is 9.27. The summed E-state index contributed by atoms with van der Waals surface area (Å²) in [5, 5.41) is 0. The summed E-state index contributed by atoms with van der Waals surface area (Å²) >= 11 is 0. The number of hydrogen-bond donors (Lipinski definition) is 0. The van der Waals surface area contributed by atoms with Crippen LogP contribution in [0.4, 0.5) is 0 Å². The Kier molecular flexibility index (Phi) is 5.87. The first kappa shape index (κ1) is 18.4.